The van der Waals surface area contributed by atoms with Gasteiger partial charge in [-0.25, -0.2) is 0 Å². The zero-order valence-corrected chi connectivity index (χ0v) is 8.16. The molecule has 1 aliphatic carbocycles. The maximum atomic E-state index is 8.11. The minimum atomic E-state index is -0.525. The maximum absolute atomic E-state index is 8.11. The lowest BCUT2D eigenvalue weighted by atomic mass is 9.88. The summed E-state index contributed by atoms with van der Waals surface area (Å²) in [5, 5.41) is 0.0670. The fraction of sp³-hybridized carbons (Fsp3) is 0.364. The van der Waals surface area contributed by atoms with Crippen LogP contribution in [0.3, 0.4) is 0 Å². The second-order valence-corrected chi connectivity index (χ2v) is 3.71. The van der Waals surface area contributed by atoms with Crippen LogP contribution in [0.15, 0.2) is 24.3 Å². The first-order valence-corrected chi connectivity index (χ1v) is 4.90. The zero-order chi connectivity index (χ0) is 11.3. The molecule has 1 aliphatic heterocycles. The van der Waals surface area contributed by atoms with Crippen LogP contribution in [0.4, 0.5) is 0 Å². The van der Waals surface area contributed by atoms with E-state index in [9.17, 15) is 0 Å². The topological polar surface area (TPSA) is 18.5 Å². The van der Waals surface area contributed by atoms with Gasteiger partial charge in [0.1, 0.15) is 12.2 Å². The van der Waals surface area contributed by atoms with Gasteiger partial charge >= 0.3 is 5.24 Å². The smallest absolute Gasteiger partial charge is 0.353 e. The van der Waals surface area contributed by atoms with E-state index in [0.29, 0.717) is 0 Å². The predicted octanol–water partition coefficient (Wildman–Crippen LogP) is 1.85. The number of fused-ring (bicyclic) bond motifs is 2. The van der Waals surface area contributed by atoms with Crippen molar-refractivity contribution in [1.29, 1.82) is 0 Å². The Morgan fingerprint density at radius 1 is 1.14 bits per heavy atom. The summed E-state index contributed by atoms with van der Waals surface area (Å²) in [4.78, 5) is 0. The third-order valence-electron chi connectivity index (χ3n) is 2.47. The highest BCUT2D eigenvalue weighted by Crippen LogP contribution is 2.29. The van der Waals surface area contributed by atoms with E-state index in [1.165, 1.54) is 0 Å². The quantitative estimate of drug-likeness (QED) is 0.606. The molecule has 2 nitrogen and oxygen atoms in total. The Morgan fingerprint density at radius 2 is 1.64 bits per heavy atom. The lowest BCUT2D eigenvalue weighted by Crippen LogP contribution is -2.31. The molecule has 1 aromatic carbocycles. The first kappa shape index (κ1) is 6.40. The molecule has 3 heteroatoms. The molecule has 4 atom stereocenters. The van der Waals surface area contributed by atoms with Gasteiger partial charge in [-0.15, -0.1) is 0 Å². The number of hydrogen-bond acceptors (Lipinski definition) is 3. The highest BCUT2D eigenvalue weighted by atomic mass is 32.1. The summed E-state index contributed by atoms with van der Waals surface area (Å²) in [5.41, 5.74) is 1.69. The van der Waals surface area contributed by atoms with Crippen molar-refractivity contribution < 1.29 is 12.2 Å². The Labute approximate surface area is 90.6 Å². The molecule has 0 spiro atoms. The molecule has 1 heterocycles. The monoisotopic (exact) mass is 208 g/mol. The van der Waals surface area contributed by atoms with Crippen LogP contribution >= 0.6 is 12.2 Å². The molecule has 0 aromatic heterocycles. The molecule has 0 unspecified atom stereocenters. The third-order valence-corrected chi connectivity index (χ3v) is 2.66. The lowest BCUT2D eigenvalue weighted by Gasteiger charge is -2.23. The number of ether oxygens (including phenoxy) is 2. The molecule has 0 amide bonds. The van der Waals surface area contributed by atoms with E-state index in [1.54, 1.807) is 0 Å². The average Bonchev–Trinajstić information content (AvgIpc) is 2.68. The first-order valence-electron chi connectivity index (χ1n) is 5.64. The Hall–Kier alpha value is -1.09. The standard InChI is InChI=1S/C11H10O2S/c14-11-12-9-5-7-3-1-2-4-8(7)6-10(9)13-11/h1-4,9-10H,5-6H2/t9-,10+/i5D,6D/t5-,6+,9+,10-. The largest absolute Gasteiger partial charge is 0.449 e. The second kappa shape index (κ2) is 2.95. The molecule has 1 saturated heterocycles. The second-order valence-electron chi connectivity index (χ2n) is 3.38. The fourth-order valence-corrected chi connectivity index (χ4v) is 2.03. The summed E-state index contributed by atoms with van der Waals surface area (Å²) in [5.74, 6) is 0. The summed E-state index contributed by atoms with van der Waals surface area (Å²) in [6, 6.07) is 7.49. The normalized spacial score (nSPS) is 41.3. The minimum Gasteiger partial charge on any atom is -0.449 e. The molecule has 0 saturated carbocycles. The van der Waals surface area contributed by atoms with E-state index in [2.05, 4.69) is 0 Å². The fourth-order valence-electron chi connectivity index (χ4n) is 1.81. The first-order chi connectivity index (χ1) is 7.68. The van der Waals surface area contributed by atoms with Crippen LogP contribution in [0.5, 0.6) is 0 Å². The van der Waals surface area contributed by atoms with Gasteiger partial charge in [-0.3, -0.25) is 0 Å². The summed E-state index contributed by atoms with van der Waals surface area (Å²) in [7, 11) is 0. The molecule has 3 rings (SSSR count). The molecular formula is C11H10O2S. The lowest BCUT2D eigenvalue weighted by molar-refractivity contribution is 0.145. The van der Waals surface area contributed by atoms with E-state index in [-0.39, 0.29) is 5.24 Å². The van der Waals surface area contributed by atoms with Crippen LogP contribution in [0, 0.1) is 0 Å². The van der Waals surface area contributed by atoms with Crippen molar-refractivity contribution in [3.63, 3.8) is 0 Å². The maximum Gasteiger partial charge on any atom is 0.353 e. The van der Waals surface area contributed by atoms with Gasteiger partial charge in [-0.1, -0.05) is 24.3 Å². The van der Waals surface area contributed by atoms with Gasteiger partial charge in [0.25, 0.3) is 0 Å². The van der Waals surface area contributed by atoms with Crippen molar-refractivity contribution in [2.24, 2.45) is 0 Å². The molecular weight excluding hydrogens is 196 g/mol. The van der Waals surface area contributed by atoms with Gasteiger partial charge < -0.3 is 9.47 Å². The van der Waals surface area contributed by atoms with Crippen LogP contribution in [0.1, 0.15) is 13.9 Å². The molecule has 0 N–H and O–H groups in total. The van der Waals surface area contributed by atoms with Gasteiger partial charge in [0.2, 0.25) is 0 Å². The van der Waals surface area contributed by atoms with Gasteiger partial charge in [0, 0.05) is 27.8 Å². The van der Waals surface area contributed by atoms with Crippen molar-refractivity contribution in [2.45, 2.75) is 25.0 Å². The van der Waals surface area contributed by atoms with E-state index in [0.717, 1.165) is 11.1 Å². The van der Waals surface area contributed by atoms with Crippen LogP contribution < -0.4 is 0 Å². The zero-order valence-electron chi connectivity index (χ0n) is 9.34. The van der Waals surface area contributed by atoms with Crippen molar-refractivity contribution in [3.05, 3.63) is 35.4 Å². The Bertz CT molecular complexity index is 412. The van der Waals surface area contributed by atoms with Crippen LogP contribution in [-0.2, 0) is 22.3 Å². The summed E-state index contributed by atoms with van der Waals surface area (Å²) >= 11 is 4.84. The summed E-state index contributed by atoms with van der Waals surface area (Å²) in [6.45, 7) is 0. The van der Waals surface area contributed by atoms with E-state index >= 15 is 0 Å². The predicted molar refractivity (Wildman–Crippen MR) is 56.2 cm³/mol. The molecule has 2 aliphatic rings. The van der Waals surface area contributed by atoms with Crippen LogP contribution in [-0.4, -0.2) is 17.4 Å². The summed E-state index contributed by atoms with van der Waals surface area (Å²) in [6.07, 6.45) is -1.93. The molecule has 0 bridgehead atoms. The van der Waals surface area contributed by atoms with Gasteiger partial charge in [-0.2, -0.15) is 0 Å². The molecule has 1 fully saturated rings. The van der Waals surface area contributed by atoms with E-state index in [4.69, 9.17) is 24.4 Å². The third kappa shape index (κ3) is 1.20. The molecule has 0 radical (unpaired) electrons. The summed E-state index contributed by atoms with van der Waals surface area (Å²) < 4.78 is 26.8. The van der Waals surface area contributed by atoms with Crippen molar-refractivity contribution in [3.8, 4) is 0 Å². The van der Waals surface area contributed by atoms with Crippen LogP contribution in [0.2, 0.25) is 0 Å². The van der Waals surface area contributed by atoms with Gasteiger partial charge in [-0.05, 0) is 11.1 Å². The highest BCUT2D eigenvalue weighted by Gasteiger charge is 2.38. The van der Waals surface area contributed by atoms with E-state index < -0.39 is 25.0 Å². The molecule has 1 aromatic rings. The highest BCUT2D eigenvalue weighted by molar-refractivity contribution is 7.79. The Kier molecular flexibility index (Phi) is 1.35. The minimum absolute atomic E-state index is 0.0670. The number of thiocarbonyl (C=S) groups is 1. The van der Waals surface area contributed by atoms with Crippen LogP contribution in [0.25, 0.3) is 0 Å². The Morgan fingerprint density at radius 3 is 2.14 bits per heavy atom. The van der Waals surface area contributed by atoms with E-state index in [1.807, 2.05) is 24.3 Å². The number of rotatable bonds is 0. The Balaban J connectivity index is 2.09. The van der Waals surface area contributed by atoms with Crippen molar-refractivity contribution >= 4 is 17.5 Å². The van der Waals surface area contributed by atoms with Crippen molar-refractivity contribution in [2.75, 3.05) is 0 Å². The van der Waals surface area contributed by atoms with Crippen molar-refractivity contribution in [1.82, 2.24) is 0 Å². The number of benzene rings is 1. The SMILES string of the molecule is [2H][C@@H]1c2ccccc2[C@H]([2H])[C@H]2OC(=S)O[C@H]21. The van der Waals surface area contributed by atoms with Gasteiger partial charge in [0.05, 0.1) is 0 Å². The number of hydrogen-bond donors (Lipinski definition) is 0. The molecule has 14 heavy (non-hydrogen) atoms. The molecule has 72 valence electrons. The van der Waals surface area contributed by atoms with Gasteiger partial charge in [0.15, 0.2) is 0 Å². The average molecular weight is 208 g/mol.